The van der Waals surface area contributed by atoms with Crippen molar-refractivity contribution < 1.29 is 9.68 Å². The Bertz CT molecular complexity index is 726. The third-order valence-electron chi connectivity index (χ3n) is 5.99. The maximum atomic E-state index is 10.5. The van der Waals surface area contributed by atoms with E-state index < -0.39 is 12.7 Å². The molecule has 122 valence electrons. The molecule has 6 heteroatoms. The highest BCUT2D eigenvalue weighted by Gasteiger charge is 2.51. The second-order valence-corrected chi connectivity index (χ2v) is 7.10. The molecule has 0 aromatic carbocycles. The van der Waals surface area contributed by atoms with Gasteiger partial charge in [0.05, 0.1) is 5.60 Å². The molecule has 0 spiro atoms. The van der Waals surface area contributed by atoms with Crippen LogP contribution in [0.15, 0.2) is 18.5 Å². The zero-order chi connectivity index (χ0) is 16.1. The van der Waals surface area contributed by atoms with E-state index in [-0.39, 0.29) is 5.41 Å². The number of hydrogen-bond acceptors (Lipinski definition) is 4. The van der Waals surface area contributed by atoms with Crippen molar-refractivity contribution in [2.75, 3.05) is 13.1 Å². The van der Waals surface area contributed by atoms with E-state index in [1.807, 2.05) is 6.20 Å². The predicted octanol–water partition coefficient (Wildman–Crippen LogP) is 1.67. The van der Waals surface area contributed by atoms with Crippen LogP contribution >= 0.6 is 0 Å². The molecule has 0 amide bonds. The lowest BCUT2D eigenvalue weighted by atomic mass is 9.70. The molecule has 2 atom stereocenters. The highest BCUT2D eigenvalue weighted by Crippen LogP contribution is 2.48. The van der Waals surface area contributed by atoms with Crippen molar-refractivity contribution in [3.8, 4) is 0 Å². The number of fused-ring (bicyclic) bond motifs is 3. The minimum atomic E-state index is -0.875. The number of H-pyrrole nitrogens is 1. The molecule has 0 bridgehead atoms. The van der Waals surface area contributed by atoms with E-state index >= 15 is 0 Å². The van der Waals surface area contributed by atoms with Gasteiger partial charge in [-0.25, -0.2) is 4.98 Å². The van der Waals surface area contributed by atoms with Crippen molar-refractivity contribution in [1.82, 2.24) is 15.3 Å². The topological polar surface area (TPSA) is 70.2 Å². The van der Waals surface area contributed by atoms with Gasteiger partial charge in [-0.05, 0) is 49.3 Å². The van der Waals surface area contributed by atoms with Gasteiger partial charge in [-0.3, -0.25) is 0 Å². The van der Waals surface area contributed by atoms with E-state index in [9.17, 15) is 5.02 Å². The SMILES string of the molecule is CCC1(CC2(CC)OB(O)c3cnc4[nH]ccc4c32)CCNC1. The van der Waals surface area contributed by atoms with Gasteiger partial charge in [-0.15, -0.1) is 0 Å². The van der Waals surface area contributed by atoms with Gasteiger partial charge in [0.25, 0.3) is 0 Å². The van der Waals surface area contributed by atoms with Crippen LogP contribution in [0.2, 0.25) is 0 Å². The Morgan fingerprint density at radius 1 is 1.39 bits per heavy atom. The molecule has 2 aromatic heterocycles. The zero-order valence-corrected chi connectivity index (χ0v) is 13.9. The Morgan fingerprint density at radius 2 is 2.26 bits per heavy atom. The van der Waals surface area contributed by atoms with Crippen LogP contribution in [-0.4, -0.2) is 35.2 Å². The van der Waals surface area contributed by atoms with Crippen LogP contribution in [0.3, 0.4) is 0 Å². The van der Waals surface area contributed by atoms with Crippen molar-refractivity contribution in [3.05, 3.63) is 24.0 Å². The molecule has 1 saturated heterocycles. The van der Waals surface area contributed by atoms with Gasteiger partial charge in [0.1, 0.15) is 5.65 Å². The zero-order valence-electron chi connectivity index (χ0n) is 13.9. The fourth-order valence-corrected chi connectivity index (χ4v) is 4.55. The molecular weight excluding hydrogens is 289 g/mol. The van der Waals surface area contributed by atoms with Gasteiger partial charge in [-0.1, -0.05) is 13.8 Å². The first kappa shape index (κ1) is 15.2. The van der Waals surface area contributed by atoms with E-state index in [2.05, 4.69) is 35.2 Å². The highest BCUT2D eigenvalue weighted by molar-refractivity contribution is 6.62. The van der Waals surface area contributed by atoms with Crippen LogP contribution in [0.1, 0.15) is 45.1 Å². The molecule has 0 aliphatic carbocycles. The smallest absolute Gasteiger partial charge is 0.423 e. The van der Waals surface area contributed by atoms with Crippen LogP contribution in [0, 0.1) is 5.41 Å². The average Bonchev–Trinajstić information content (AvgIpc) is 3.26. The second-order valence-electron chi connectivity index (χ2n) is 7.10. The third-order valence-corrected chi connectivity index (χ3v) is 5.99. The number of hydrogen-bond donors (Lipinski definition) is 3. The Balaban J connectivity index is 1.86. The Hall–Kier alpha value is -1.37. The van der Waals surface area contributed by atoms with Gasteiger partial charge >= 0.3 is 7.12 Å². The first-order chi connectivity index (χ1) is 11.1. The molecule has 4 rings (SSSR count). The Morgan fingerprint density at radius 3 is 2.96 bits per heavy atom. The van der Waals surface area contributed by atoms with Gasteiger partial charge in [-0.2, -0.15) is 0 Å². The summed E-state index contributed by atoms with van der Waals surface area (Å²) in [5, 5.41) is 15.1. The number of aromatic nitrogens is 2. The van der Waals surface area contributed by atoms with Gasteiger partial charge in [0.15, 0.2) is 0 Å². The molecule has 0 radical (unpaired) electrons. The summed E-state index contributed by atoms with van der Waals surface area (Å²) in [5.41, 5.74) is 2.65. The quantitative estimate of drug-likeness (QED) is 0.751. The Labute approximate surface area is 137 Å². The summed E-state index contributed by atoms with van der Waals surface area (Å²) < 4.78 is 6.21. The summed E-state index contributed by atoms with van der Waals surface area (Å²) in [5.74, 6) is 0. The largest absolute Gasteiger partial charge is 0.493 e. The van der Waals surface area contributed by atoms with E-state index in [1.54, 1.807) is 6.20 Å². The molecule has 23 heavy (non-hydrogen) atoms. The van der Waals surface area contributed by atoms with Crippen molar-refractivity contribution in [1.29, 1.82) is 0 Å². The van der Waals surface area contributed by atoms with Crippen LogP contribution in [-0.2, 0) is 10.3 Å². The minimum absolute atomic E-state index is 0.239. The molecule has 2 aliphatic rings. The number of rotatable bonds is 4. The molecule has 5 nitrogen and oxygen atoms in total. The monoisotopic (exact) mass is 313 g/mol. The fraction of sp³-hybridized carbons (Fsp3) is 0.588. The van der Waals surface area contributed by atoms with Gasteiger partial charge in [0, 0.05) is 29.8 Å². The fourth-order valence-electron chi connectivity index (χ4n) is 4.55. The van der Waals surface area contributed by atoms with E-state index in [1.165, 1.54) is 6.42 Å². The van der Waals surface area contributed by atoms with Crippen LogP contribution < -0.4 is 10.8 Å². The summed E-state index contributed by atoms with van der Waals surface area (Å²) in [6, 6.07) is 2.05. The average molecular weight is 313 g/mol. The van der Waals surface area contributed by atoms with Crippen LogP contribution in [0.4, 0.5) is 0 Å². The van der Waals surface area contributed by atoms with Crippen molar-refractivity contribution in [3.63, 3.8) is 0 Å². The number of nitrogens with zero attached hydrogens (tertiary/aromatic N) is 1. The van der Waals surface area contributed by atoms with Crippen molar-refractivity contribution >= 4 is 23.6 Å². The van der Waals surface area contributed by atoms with Crippen LogP contribution in [0.25, 0.3) is 11.0 Å². The predicted molar refractivity (Wildman–Crippen MR) is 91.6 cm³/mol. The molecular formula is C17H24BN3O2. The van der Waals surface area contributed by atoms with Crippen LogP contribution in [0.5, 0.6) is 0 Å². The van der Waals surface area contributed by atoms with Gasteiger partial charge in [0.2, 0.25) is 0 Å². The molecule has 1 fully saturated rings. The van der Waals surface area contributed by atoms with E-state index in [4.69, 9.17) is 4.65 Å². The lowest BCUT2D eigenvalue weighted by Crippen LogP contribution is -2.37. The molecule has 2 aromatic rings. The maximum absolute atomic E-state index is 10.5. The molecule has 2 unspecified atom stereocenters. The number of pyridine rings is 1. The summed E-state index contributed by atoms with van der Waals surface area (Å²) in [7, 11) is -0.875. The second kappa shape index (κ2) is 5.33. The molecule has 4 heterocycles. The molecule has 3 N–H and O–H groups in total. The first-order valence-corrected chi connectivity index (χ1v) is 8.66. The van der Waals surface area contributed by atoms with Crippen molar-refractivity contribution in [2.45, 2.75) is 45.1 Å². The molecule has 2 aliphatic heterocycles. The first-order valence-electron chi connectivity index (χ1n) is 8.66. The summed E-state index contributed by atoms with van der Waals surface area (Å²) >= 11 is 0. The lowest BCUT2D eigenvalue weighted by Gasteiger charge is -2.39. The maximum Gasteiger partial charge on any atom is 0.493 e. The lowest BCUT2D eigenvalue weighted by molar-refractivity contribution is 0.00609. The van der Waals surface area contributed by atoms with Crippen molar-refractivity contribution in [2.24, 2.45) is 5.41 Å². The number of nitrogens with one attached hydrogen (secondary N) is 2. The standard InChI is InChI=1S/C17H24BN3O2/c1-3-16(6-8-19-11-16)10-17(4-2)14-12-5-7-20-15(12)21-9-13(14)18(22)23-17/h5,7,9,19,22H,3-4,6,8,10-11H2,1-2H3,(H,20,21). The van der Waals surface area contributed by atoms with E-state index in [0.717, 1.165) is 54.4 Å². The third kappa shape index (κ3) is 2.16. The number of aromatic amines is 1. The summed E-state index contributed by atoms with van der Waals surface area (Å²) in [6.45, 7) is 6.52. The molecule has 0 saturated carbocycles. The minimum Gasteiger partial charge on any atom is -0.423 e. The van der Waals surface area contributed by atoms with Gasteiger partial charge < -0.3 is 20.0 Å². The summed E-state index contributed by atoms with van der Waals surface area (Å²) in [6.07, 6.45) is 7.76. The summed E-state index contributed by atoms with van der Waals surface area (Å²) in [4.78, 5) is 7.61. The normalized spacial score (nSPS) is 30.3. The highest BCUT2D eigenvalue weighted by atomic mass is 16.5. The van der Waals surface area contributed by atoms with E-state index in [0.29, 0.717) is 0 Å². The Kier molecular flexibility index (Phi) is 3.52.